The number of nitrogens with zero attached hydrogens (tertiary/aromatic N) is 1. The van der Waals surface area contributed by atoms with Crippen LogP contribution in [0.1, 0.15) is 5.56 Å². The van der Waals surface area contributed by atoms with Gasteiger partial charge < -0.3 is 0 Å². The van der Waals surface area contributed by atoms with E-state index in [1.165, 1.54) is 12.1 Å². The van der Waals surface area contributed by atoms with Gasteiger partial charge in [0.05, 0.1) is 11.9 Å². The van der Waals surface area contributed by atoms with Crippen molar-refractivity contribution in [1.82, 2.24) is 0 Å². The Balaban J connectivity index is 1.72. The molecule has 0 amide bonds. The first-order chi connectivity index (χ1) is 11.2. The minimum absolute atomic E-state index is 0.508. The fraction of sp³-hybridized carbons (Fsp3) is 0. The first-order valence-electron chi connectivity index (χ1n) is 7.11. The summed E-state index contributed by atoms with van der Waals surface area (Å²) in [4.78, 5) is 0. The summed E-state index contributed by atoms with van der Waals surface area (Å²) in [6.45, 7) is 0. The highest BCUT2D eigenvalue weighted by Crippen LogP contribution is 2.21. The lowest BCUT2D eigenvalue weighted by molar-refractivity contribution is 0.584. The van der Waals surface area contributed by atoms with Crippen molar-refractivity contribution in [3.05, 3.63) is 90.0 Å². The normalized spacial score (nSPS) is 10.9. The number of hydrogen-bond acceptors (Lipinski definition) is 2. The Morgan fingerprint density at radius 3 is 2.04 bits per heavy atom. The van der Waals surface area contributed by atoms with E-state index < -0.39 is 11.6 Å². The standard InChI is InChI=1S/C19H14F2N2/c20-17-10-16(11-18(21)12-17)15-8-6-14(7-9-15)13-22-23-19-4-2-1-3-5-19/h1-13,23H. The van der Waals surface area contributed by atoms with Crippen LogP contribution < -0.4 is 5.43 Å². The van der Waals surface area contributed by atoms with E-state index in [0.29, 0.717) is 5.56 Å². The molecule has 0 radical (unpaired) electrons. The number of nitrogens with one attached hydrogen (secondary N) is 1. The van der Waals surface area contributed by atoms with Crippen LogP contribution in [-0.4, -0.2) is 6.21 Å². The molecule has 0 aliphatic rings. The molecule has 0 fully saturated rings. The summed E-state index contributed by atoms with van der Waals surface area (Å²) in [5.74, 6) is -1.17. The lowest BCUT2D eigenvalue weighted by Gasteiger charge is -2.03. The number of benzene rings is 3. The summed E-state index contributed by atoms with van der Waals surface area (Å²) in [6.07, 6.45) is 1.68. The summed E-state index contributed by atoms with van der Waals surface area (Å²) in [5, 5.41) is 4.15. The van der Waals surface area contributed by atoms with Crippen molar-refractivity contribution in [2.75, 3.05) is 5.43 Å². The largest absolute Gasteiger partial charge is 0.279 e. The molecule has 0 aliphatic heterocycles. The van der Waals surface area contributed by atoms with Gasteiger partial charge in [-0.05, 0) is 41.0 Å². The van der Waals surface area contributed by atoms with Crippen LogP contribution in [0, 0.1) is 11.6 Å². The fourth-order valence-corrected chi connectivity index (χ4v) is 2.18. The van der Waals surface area contributed by atoms with Crippen molar-refractivity contribution >= 4 is 11.9 Å². The van der Waals surface area contributed by atoms with Gasteiger partial charge in [0.1, 0.15) is 11.6 Å². The first kappa shape index (κ1) is 14.9. The summed E-state index contributed by atoms with van der Waals surface area (Å²) < 4.78 is 26.5. The Hall–Kier alpha value is -3.01. The van der Waals surface area contributed by atoms with E-state index in [-0.39, 0.29) is 0 Å². The molecule has 0 saturated heterocycles. The van der Waals surface area contributed by atoms with E-state index >= 15 is 0 Å². The molecule has 3 aromatic carbocycles. The molecular weight excluding hydrogens is 294 g/mol. The van der Waals surface area contributed by atoms with Crippen molar-refractivity contribution in [3.8, 4) is 11.1 Å². The molecule has 114 valence electrons. The maximum atomic E-state index is 13.3. The van der Waals surface area contributed by atoms with Crippen molar-refractivity contribution in [2.45, 2.75) is 0 Å². The van der Waals surface area contributed by atoms with E-state index in [2.05, 4.69) is 10.5 Å². The van der Waals surface area contributed by atoms with E-state index in [1.807, 2.05) is 42.5 Å². The Labute approximate surface area is 133 Å². The second kappa shape index (κ2) is 6.83. The molecule has 0 bridgehead atoms. The van der Waals surface area contributed by atoms with E-state index in [1.54, 1.807) is 18.3 Å². The summed E-state index contributed by atoms with van der Waals surface area (Å²) in [5.41, 5.74) is 5.96. The van der Waals surface area contributed by atoms with Crippen LogP contribution in [0.25, 0.3) is 11.1 Å². The molecule has 3 aromatic rings. The van der Waals surface area contributed by atoms with Gasteiger partial charge in [0.15, 0.2) is 0 Å². The molecule has 0 atom stereocenters. The zero-order chi connectivity index (χ0) is 16.1. The third-order valence-corrected chi connectivity index (χ3v) is 3.29. The number of rotatable bonds is 4. The van der Waals surface area contributed by atoms with Crippen LogP contribution in [0.5, 0.6) is 0 Å². The van der Waals surface area contributed by atoms with Gasteiger partial charge in [-0.1, -0.05) is 42.5 Å². The topological polar surface area (TPSA) is 24.4 Å². The van der Waals surface area contributed by atoms with Gasteiger partial charge in [-0.25, -0.2) is 8.78 Å². The lowest BCUT2D eigenvalue weighted by Crippen LogP contribution is -1.90. The van der Waals surface area contributed by atoms with Gasteiger partial charge in [-0.15, -0.1) is 0 Å². The molecule has 2 nitrogen and oxygen atoms in total. The molecular formula is C19H14F2N2. The van der Waals surface area contributed by atoms with Crippen LogP contribution >= 0.6 is 0 Å². The van der Waals surface area contributed by atoms with E-state index in [9.17, 15) is 8.78 Å². The summed E-state index contributed by atoms with van der Waals surface area (Å²) >= 11 is 0. The third kappa shape index (κ3) is 4.01. The van der Waals surface area contributed by atoms with Crippen LogP contribution in [0.2, 0.25) is 0 Å². The molecule has 0 aliphatic carbocycles. The number of hydrogen-bond donors (Lipinski definition) is 1. The zero-order valence-electron chi connectivity index (χ0n) is 12.2. The number of hydrazone groups is 1. The second-order valence-electron chi connectivity index (χ2n) is 5.02. The molecule has 0 spiro atoms. The number of halogens is 2. The molecule has 0 aromatic heterocycles. The average molecular weight is 308 g/mol. The minimum atomic E-state index is -0.585. The zero-order valence-corrected chi connectivity index (χ0v) is 12.2. The predicted octanol–water partition coefficient (Wildman–Crippen LogP) is 5.08. The van der Waals surface area contributed by atoms with Crippen LogP contribution in [-0.2, 0) is 0 Å². The lowest BCUT2D eigenvalue weighted by atomic mass is 10.0. The molecule has 23 heavy (non-hydrogen) atoms. The fourth-order valence-electron chi connectivity index (χ4n) is 2.18. The molecule has 1 N–H and O–H groups in total. The molecule has 4 heteroatoms. The van der Waals surface area contributed by atoms with E-state index in [4.69, 9.17) is 0 Å². The minimum Gasteiger partial charge on any atom is -0.279 e. The Kier molecular flexibility index (Phi) is 4.43. The highest BCUT2D eigenvalue weighted by atomic mass is 19.1. The summed E-state index contributed by atoms with van der Waals surface area (Å²) in [7, 11) is 0. The Bertz CT molecular complexity index is 792. The quantitative estimate of drug-likeness (QED) is 0.527. The van der Waals surface area contributed by atoms with Gasteiger partial charge in [-0.3, -0.25) is 5.43 Å². The van der Waals surface area contributed by atoms with Gasteiger partial charge in [0, 0.05) is 6.07 Å². The third-order valence-electron chi connectivity index (χ3n) is 3.29. The van der Waals surface area contributed by atoms with Gasteiger partial charge in [-0.2, -0.15) is 5.10 Å². The van der Waals surface area contributed by atoms with Gasteiger partial charge in [0.2, 0.25) is 0 Å². The number of anilines is 1. The molecule has 0 unspecified atom stereocenters. The highest BCUT2D eigenvalue weighted by molar-refractivity contribution is 5.81. The molecule has 0 heterocycles. The average Bonchev–Trinajstić information content (AvgIpc) is 2.56. The van der Waals surface area contributed by atoms with Crippen molar-refractivity contribution < 1.29 is 8.78 Å². The van der Waals surface area contributed by atoms with Crippen LogP contribution in [0.15, 0.2) is 77.9 Å². The van der Waals surface area contributed by atoms with Crippen molar-refractivity contribution in [2.24, 2.45) is 5.10 Å². The predicted molar refractivity (Wildman–Crippen MR) is 89.5 cm³/mol. The van der Waals surface area contributed by atoms with Crippen molar-refractivity contribution in [3.63, 3.8) is 0 Å². The highest BCUT2D eigenvalue weighted by Gasteiger charge is 2.03. The number of para-hydroxylation sites is 1. The SMILES string of the molecule is Fc1cc(F)cc(-c2ccc(C=NNc3ccccc3)cc2)c1. The van der Waals surface area contributed by atoms with Crippen LogP contribution in [0.4, 0.5) is 14.5 Å². The monoisotopic (exact) mass is 308 g/mol. The summed E-state index contributed by atoms with van der Waals surface area (Å²) in [6, 6.07) is 20.4. The maximum Gasteiger partial charge on any atom is 0.126 e. The second-order valence-corrected chi connectivity index (χ2v) is 5.02. The van der Waals surface area contributed by atoms with Gasteiger partial charge in [0.25, 0.3) is 0 Å². The Morgan fingerprint density at radius 2 is 1.39 bits per heavy atom. The first-order valence-corrected chi connectivity index (χ1v) is 7.11. The maximum absolute atomic E-state index is 13.3. The molecule has 0 saturated carbocycles. The van der Waals surface area contributed by atoms with E-state index in [0.717, 1.165) is 22.9 Å². The Morgan fingerprint density at radius 1 is 0.739 bits per heavy atom. The smallest absolute Gasteiger partial charge is 0.126 e. The van der Waals surface area contributed by atoms with Gasteiger partial charge >= 0.3 is 0 Å². The van der Waals surface area contributed by atoms with Crippen LogP contribution in [0.3, 0.4) is 0 Å². The van der Waals surface area contributed by atoms with Crippen molar-refractivity contribution in [1.29, 1.82) is 0 Å². The molecule has 3 rings (SSSR count).